The lowest BCUT2D eigenvalue weighted by Crippen LogP contribution is -2.53. The molecule has 0 aromatic carbocycles. The zero-order valence-electron chi connectivity index (χ0n) is 18.6. The molecular weight excluding hydrogens is 412 g/mol. The molecule has 2 aliphatic heterocycles. The van der Waals surface area contributed by atoms with Gasteiger partial charge in [-0.05, 0) is 25.0 Å². The second-order valence-corrected chi connectivity index (χ2v) is 8.62. The highest BCUT2D eigenvalue weighted by Crippen LogP contribution is 2.23. The summed E-state index contributed by atoms with van der Waals surface area (Å²) in [4.78, 5) is 46.2. The highest BCUT2D eigenvalue weighted by atomic mass is 16.5. The summed E-state index contributed by atoms with van der Waals surface area (Å²) in [7, 11) is 0. The summed E-state index contributed by atoms with van der Waals surface area (Å²) in [5.41, 5.74) is 0.662. The van der Waals surface area contributed by atoms with Crippen molar-refractivity contribution in [3.8, 4) is 0 Å². The van der Waals surface area contributed by atoms with Crippen LogP contribution in [0, 0.1) is 0 Å². The van der Waals surface area contributed by atoms with E-state index in [0.717, 1.165) is 31.7 Å². The Morgan fingerprint density at radius 3 is 2.53 bits per heavy atom. The molecule has 0 radical (unpaired) electrons. The summed E-state index contributed by atoms with van der Waals surface area (Å²) in [6.45, 7) is 4.46. The van der Waals surface area contributed by atoms with Crippen LogP contribution >= 0.6 is 0 Å². The number of hydrogen-bond acceptors (Lipinski definition) is 6. The van der Waals surface area contributed by atoms with Crippen molar-refractivity contribution in [2.24, 2.45) is 0 Å². The third kappa shape index (κ3) is 5.29. The number of amides is 4. The van der Waals surface area contributed by atoms with Crippen LogP contribution in [0.25, 0.3) is 0 Å². The maximum absolute atomic E-state index is 12.6. The first-order valence-electron chi connectivity index (χ1n) is 11.4. The number of rotatable bonds is 5. The Morgan fingerprint density at radius 1 is 1.12 bits per heavy atom. The molecule has 1 aromatic heterocycles. The van der Waals surface area contributed by atoms with E-state index in [9.17, 15) is 14.4 Å². The fourth-order valence-electron chi connectivity index (χ4n) is 4.43. The molecule has 4 rings (SSSR count). The van der Waals surface area contributed by atoms with Gasteiger partial charge >= 0.3 is 6.03 Å². The Kier molecular flexibility index (Phi) is 7.09. The monoisotopic (exact) mass is 444 g/mol. The molecule has 0 spiro atoms. The molecular formula is C22H32N6O4. The van der Waals surface area contributed by atoms with Crippen molar-refractivity contribution < 1.29 is 19.1 Å². The van der Waals surface area contributed by atoms with Crippen LogP contribution in [0.3, 0.4) is 0 Å². The Balaban J connectivity index is 1.26. The van der Waals surface area contributed by atoms with E-state index in [1.807, 2.05) is 17.0 Å². The van der Waals surface area contributed by atoms with Gasteiger partial charge in [0.15, 0.2) is 6.10 Å². The molecule has 174 valence electrons. The molecule has 3 heterocycles. The van der Waals surface area contributed by atoms with Crippen molar-refractivity contribution in [1.29, 1.82) is 0 Å². The Labute approximate surface area is 188 Å². The molecule has 4 amide bonds. The van der Waals surface area contributed by atoms with Crippen molar-refractivity contribution in [3.05, 3.63) is 18.3 Å². The average molecular weight is 445 g/mol. The summed E-state index contributed by atoms with van der Waals surface area (Å²) in [6, 6.07) is 4.11. The molecule has 1 saturated carbocycles. The highest BCUT2D eigenvalue weighted by molar-refractivity contribution is 5.98. The molecule has 10 heteroatoms. The van der Waals surface area contributed by atoms with Crippen LogP contribution in [-0.2, 0) is 14.3 Å². The number of aromatic nitrogens is 1. The lowest BCUT2D eigenvalue weighted by Gasteiger charge is -2.36. The first-order valence-corrected chi connectivity index (χ1v) is 11.4. The van der Waals surface area contributed by atoms with E-state index in [1.165, 1.54) is 31.1 Å². The summed E-state index contributed by atoms with van der Waals surface area (Å²) in [5, 5.41) is 5.80. The lowest BCUT2D eigenvalue weighted by molar-refractivity contribution is -0.123. The van der Waals surface area contributed by atoms with Gasteiger partial charge in [0.2, 0.25) is 5.91 Å². The molecule has 0 unspecified atom stereocenters. The summed E-state index contributed by atoms with van der Waals surface area (Å²) in [5.74, 6) is 0.437. The van der Waals surface area contributed by atoms with Crippen molar-refractivity contribution in [1.82, 2.24) is 20.5 Å². The van der Waals surface area contributed by atoms with E-state index >= 15 is 0 Å². The highest BCUT2D eigenvalue weighted by Gasteiger charge is 2.34. The molecule has 32 heavy (non-hydrogen) atoms. The Hall–Kier alpha value is -2.88. The fraction of sp³-hybridized carbons (Fsp3) is 0.636. The molecule has 1 atom stereocenters. The van der Waals surface area contributed by atoms with Gasteiger partial charge in [-0.3, -0.25) is 14.5 Å². The number of piperazine rings is 1. The van der Waals surface area contributed by atoms with Crippen LogP contribution in [0.2, 0.25) is 0 Å². The molecule has 3 fully saturated rings. The topological polar surface area (TPSA) is 107 Å². The number of carbonyl (C=O) groups is 3. The third-order valence-corrected chi connectivity index (χ3v) is 6.35. The standard InChI is InChI=1S/C22H32N6O4/c1-16(29)23-14-19-21(30)28(15-32-19)18-7-8-20(24-13-18)26-9-11-27(12-10-26)22(31)25-17-5-3-2-4-6-17/h7-8,13,17,19H,2-6,9-12,14-15H2,1H3,(H,23,29)(H,25,31)/t19-/m0/s1. The molecule has 2 saturated heterocycles. The quantitative estimate of drug-likeness (QED) is 0.704. The SMILES string of the molecule is CC(=O)NC[C@@H]1OCN(c2ccc(N3CCN(C(=O)NC4CCCCC4)CC3)nc2)C1=O. The second kappa shape index (κ2) is 10.2. The maximum atomic E-state index is 12.6. The first-order chi connectivity index (χ1) is 15.5. The zero-order valence-corrected chi connectivity index (χ0v) is 18.6. The Bertz CT molecular complexity index is 818. The fourth-order valence-corrected chi connectivity index (χ4v) is 4.43. The minimum absolute atomic E-state index is 0.0428. The van der Waals surface area contributed by atoms with Crippen LogP contribution in [0.4, 0.5) is 16.3 Å². The molecule has 1 aliphatic carbocycles. The molecule has 3 aliphatic rings. The van der Waals surface area contributed by atoms with Crippen LogP contribution in [0.5, 0.6) is 0 Å². The van der Waals surface area contributed by atoms with Crippen molar-refractivity contribution >= 4 is 29.4 Å². The van der Waals surface area contributed by atoms with Crippen LogP contribution < -0.4 is 20.4 Å². The molecule has 0 bridgehead atoms. The number of carbonyl (C=O) groups excluding carboxylic acids is 3. The second-order valence-electron chi connectivity index (χ2n) is 8.62. The van der Waals surface area contributed by atoms with E-state index in [0.29, 0.717) is 24.8 Å². The van der Waals surface area contributed by atoms with Gasteiger partial charge in [0, 0.05) is 39.1 Å². The number of nitrogens with one attached hydrogen (secondary N) is 2. The van der Waals surface area contributed by atoms with Gasteiger partial charge in [-0.15, -0.1) is 0 Å². The average Bonchev–Trinajstić information content (AvgIpc) is 3.19. The normalized spacial score (nSPS) is 22.2. The van der Waals surface area contributed by atoms with E-state index < -0.39 is 6.10 Å². The van der Waals surface area contributed by atoms with E-state index in [-0.39, 0.29) is 31.1 Å². The zero-order chi connectivity index (χ0) is 22.5. The molecule has 2 N–H and O–H groups in total. The van der Waals surface area contributed by atoms with Gasteiger partial charge in [-0.25, -0.2) is 9.78 Å². The number of anilines is 2. The van der Waals surface area contributed by atoms with Crippen LogP contribution in [0.1, 0.15) is 39.0 Å². The summed E-state index contributed by atoms with van der Waals surface area (Å²) in [6.07, 6.45) is 6.83. The van der Waals surface area contributed by atoms with E-state index in [1.54, 1.807) is 6.20 Å². The van der Waals surface area contributed by atoms with Gasteiger partial charge in [0.25, 0.3) is 5.91 Å². The number of pyridine rings is 1. The predicted octanol–water partition coefficient (Wildman–Crippen LogP) is 1.07. The van der Waals surface area contributed by atoms with Crippen LogP contribution in [0.15, 0.2) is 18.3 Å². The number of nitrogens with zero attached hydrogens (tertiary/aromatic N) is 4. The van der Waals surface area contributed by atoms with Gasteiger partial charge in [-0.1, -0.05) is 19.3 Å². The predicted molar refractivity (Wildman–Crippen MR) is 119 cm³/mol. The van der Waals surface area contributed by atoms with Gasteiger partial charge < -0.3 is 25.2 Å². The van der Waals surface area contributed by atoms with Gasteiger partial charge in [0.1, 0.15) is 12.5 Å². The maximum Gasteiger partial charge on any atom is 0.317 e. The number of ether oxygens (including phenoxy) is 1. The lowest BCUT2D eigenvalue weighted by atomic mass is 9.96. The van der Waals surface area contributed by atoms with Crippen molar-refractivity contribution in [2.75, 3.05) is 49.3 Å². The summed E-state index contributed by atoms with van der Waals surface area (Å²) < 4.78 is 5.50. The molecule has 10 nitrogen and oxygen atoms in total. The van der Waals surface area contributed by atoms with E-state index in [2.05, 4.69) is 20.5 Å². The van der Waals surface area contributed by atoms with Gasteiger partial charge in [0.05, 0.1) is 18.4 Å². The first kappa shape index (κ1) is 22.3. The van der Waals surface area contributed by atoms with E-state index in [4.69, 9.17) is 4.74 Å². The molecule has 1 aromatic rings. The number of urea groups is 1. The summed E-state index contributed by atoms with van der Waals surface area (Å²) >= 11 is 0. The number of hydrogen-bond donors (Lipinski definition) is 2. The van der Waals surface area contributed by atoms with Crippen molar-refractivity contribution in [2.45, 2.75) is 51.2 Å². The van der Waals surface area contributed by atoms with Gasteiger partial charge in [-0.2, -0.15) is 0 Å². The minimum Gasteiger partial charge on any atom is -0.353 e. The third-order valence-electron chi connectivity index (χ3n) is 6.35. The van der Waals surface area contributed by atoms with Crippen LogP contribution in [-0.4, -0.2) is 79.3 Å². The minimum atomic E-state index is -0.675. The Morgan fingerprint density at radius 2 is 1.88 bits per heavy atom. The largest absolute Gasteiger partial charge is 0.353 e. The smallest absolute Gasteiger partial charge is 0.317 e. The van der Waals surface area contributed by atoms with Crippen molar-refractivity contribution in [3.63, 3.8) is 0 Å².